The molecule has 1 aromatic carbocycles. The minimum absolute atomic E-state index is 0. The maximum Gasteiger partial charge on any atom is 1.00 e. The van der Waals surface area contributed by atoms with Gasteiger partial charge in [-0.05, 0) is 23.0 Å². The van der Waals surface area contributed by atoms with E-state index in [-0.39, 0.29) is 46.3 Å². The van der Waals surface area contributed by atoms with Gasteiger partial charge in [0.2, 0.25) is 0 Å². The molecule has 0 atom stereocenters. The molecule has 0 saturated heterocycles. The number of amides is 1. The van der Waals surface area contributed by atoms with E-state index in [2.05, 4.69) is 0 Å². The molecule has 0 heterocycles. The predicted octanol–water partition coefficient (Wildman–Crippen LogP) is -1.44. The molecule has 1 rings (SSSR count). The van der Waals surface area contributed by atoms with E-state index in [0.717, 1.165) is 0 Å². The molecule has 7 heteroatoms. The summed E-state index contributed by atoms with van der Waals surface area (Å²) in [4.78, 5) is 10.6. The molecule has 20 heavy (non-hydrogen) atoms. The van der Waals surface area contributed by atoms with E-state index in [0.29, 0.717) is 11.1 Å². The number of hydrogen-bond acceptors (Lipinski definition) is 4. The molecular weight excluding hydrogens is 289 g/mol. The van der Waals surface area contributed by atoms with E-state index in [1.807, 2.05) is 27.7 Å². The van der Waals surface area contributed by atoms with Gasteiger partial charge in [-0.25, -0.2) is 8.42 Å². The third-order valence-corrected chi connectivity index (χ3v) is 4.25. The van der Waals surface area contributed by atoms with Gasteiger partial charge in [-0.15, -0.1) is 0 Å². The summed E-state index contributed by atoms with van der Waals surface area (Å²) in [5.74, 6) is -0.0703. The average molecular weight is 307 g/mol. The molecule has 0 bridgehead atoms. The Morgan fingerprint density at radius 1 is 1.10 bits per heavy atom. The van der Waals surface area contributed by atoms with Crippen LogP contribution in [0.2, 0.25) is 0 Å². The molecular formula is C13H18NNaO4S. The summed E-state index contributed by atoms with van der Waals surface area (Å²) in [5, 5.41) is 10.5. The van der Waals surface area contributed by atoms with Crippen molar-refractivity contribution in [2.45, 2.75) is 44.4 Å². The SMILES string of the molecule is CC(C)c1cccc(C(C)C)c1S(=O)(=O)NC(=O)[O-].[Na+]. The topological polar surface area (TPSA) is 86.3 Å². The summed E-state index contributed by atoms with van der Waals surface area (Å²) >= 11 is 0. The number of sulfonamides is 1. The van der Waals surface area contributed by atoms with Crippen molar-refractivity contribution < 1.29 is 47.9 Å². The largest absolute Gasteiger partial charge is 1.00 e. The van der Waals surface area contributed by atoms with Crippen molar-refractivity contribution in [2.75, 3.05) is 0 Å². The van der Waals surface area contributed by atoms with Crippen LogP contribution in [0.3, 0.4) is 0 Å². The van der Waals surface area contributed by atoms with Crippen LogP contribution in [0.4, 0.5) is 4.79 Å². The van der Waals surface area contributed by atoms with Crippen LogP contribution in [0.15, 0.2) is 23.1 Å². The molecule has 106 valence electrons. The standard InChI is InChI=1S/C13H19NO4S.Na/c1-8(2)10-6-5-7-11(9(3)4)12(10)19(17,18)14-13(15)16;/h5-9,14H,1-4H3,(H,15,16);/q;+1/p-1. The van der Waals surface area contributed by atoms with E-state index in [1.165, 1.54) is 4.72 Å². The molecule has 5 nitrogen and oxygen atoms in total. The normalized spacial score (nSPS) is 11.3. The fraction of sp³-hybridized carbons (Fsp3) is 0.462. The summed E-state index contributed by atoms with van der Waals surface area (Å²) in [7, 11) is -4.12. The number of carbonyl (C=O) groups excluding carboxylic acids is 1. The third-order valence-electron chi connectivity index (χ3n) is 2.81. The van der Waals surface area contributed by atoms with Gasteiger partial charge in [-0.3, -0.25) is 4.72 Å². The van der Waals surface area contributed by atoms with Crippen LogP contribution in [-0.2, 0) is 10.0 Å². The molecule has 0 unspecified atom stereocenters. The molecule has 1 aromatic rings. The number of benzene rings is 1. The smallest absolute Gasteiger partial charge is 0.529 e. The van der Waals surface area contributed by atoms with Crippen molar-refractivity contribution in [2.24, 2.45) is 0 Å². The van der Waals surface area contributed by atoms with Gasteiger partial charge in [-0.1, -0.05) is 45.9 Å². The van der Waals surface area contributed by atoms with Gasteiger partial charge in [-0.2, -0.15) is 0 Å². The fourth-order valence-corrected chi connectivity index (χ4v) is 3.50. The summed E-state index contributed by atoms with van der Waals surface area (Å²) in [6.45, 7) is 7.43. The van der Waals surface area contributed by atoms with Gasteiger partial charge in [0.25, 0.3) is 10.0 Å². The average Bonchev–Trinajstić information content (AvgIpc) is 2.26. The van der Waals surface area contributed by atoms with Crippen molar-refractivity contribution >= 4 is 16.1 Å². The predicted molar refractivity (Wildman–Crippen MR) is 70.3 cm³/mol. The molecule has 0 aliphatic heterocycles. The number of nitrogens with one attached hydrogen (secondary N) is 1. The van der Waals surface area contributed by atoms with Crippen LogP contribution in [0.5, 0.6) is 0 Å². The summed E-state index contributed by atoms with van der Waals surface area (Å²) in [6.07, 6.45) is -1.83. The van der Waals surface area contributed by atoms with E-state index >= 15 is 0 Å². The first-order valence-corrected chi connectivity index (χ1v) is 7.51. The fourth-order valence-electron chi connectivity index (χ4n) is 1.95. The zero-order valence-electron chi connectivity index (χ0n) is 12.4. The van der Waals surface area contributed by atoms with E-state index in [4.69, 9.17) is 0 Å². The second kappa shape index (κ2) is 7.45. The molecule has 0 spiro atoms. The number of carboxylic acid groups (broad SMARTS) is 1. The number of hydrogen-bond donors (Lipinski definition) is 1. The molecule has 0 aromatic heterocycles. The van der Waals surface area contributed by atoms with Gasteiger partial charge in [0.15, 0.2) is 0 Å². The maximum atomic E-state index is 12.2. The Labute approximate surface area is 142 Å². The summed E-state index contributed by atoms with van der Waals surface area (Å²) < 4.78 is 25.8. The van der Waals surface area contributed by atoms with Crippen molar-refractivity contribution in [3.05, 3.63) is 29.3 Å². The van der Waals surface area contributed by atoms with Gasteiger partial charge >= 0.3 is 29.6 Å². The van der Waals surface area contributed by atoms with Crippen LogP contribution in [0.1, 0.15) is 50.7 Å². The zero-order valence-corrected chi connectivity index (χ0v) is 15.2. The van der Waals surface area contributed by atoms with Crippen molar-refractivity contribution in [1.29, 1.82) is 0 Å². The van der Waals surface area contributed by atoms with Crippen LogP contribution in [0.25, 0.3) is 0 Å². The molecule has 0 saturated carbocycles. The third kappa shape index (κ3) is 4.48. The van der Waals surface area contributed by atoms with Crippen molar-refractivity contribution in [3.63, 3.8) is 0 Å². The van der Waals surface area contributed by atoms with Gasteiger partial charge in [0.05, 0.1) is 4.90 Å². The van der Waals surface area contributed by atoms with Crippen LogP contribution < -0.4 is 39.4 Å². The first-order chi connectivity index (χ1) is 8.66. The Morgan fingerprint density at radius 2 is 1.50 bits per heavy atom. The monoisotopic (exact) mass is 307 g/mol. The van der Waals surface area contributed by atoms with E-state index in [1.54, 1.807) is 18.2 Å². The van der Waals surface area contributed by atoms with E-state index < -0.39 is 16.1 Å². The minimum atomic E-state index is -4.12. The number of carbonyl (C=O) groups is 1. The Kier molecular flexibility index (Phi) is 7.24. The Hall–Kier alpha value is -0.560. The molecule has 1 N–H and O–H groups in total. The summed E-state index contributed by atoms with van der Waals surface area (Å²) in [6, 6.07) is 5.17. The maximum absolute atomic E-state index is 12.2. The van der Waals surface area contributed by atoms with E-state index in [9.17, 15) is 18.3 Å². The molecule has 0 aliphatic carbocycles. The van der Waals surface area contributed by atoms with Gasteiger partial charge in [0.1, 0.15) is 6.09 Å². The van der Waals surface area contributed by atoms with Crippen LogP contribution in [0, 0.1) is 0 Å². The van der Waals surface area contributed by atoms with Crippen molar-refractivity contribution in [1.82, 2.24) is 4.72 Å². The number of rotatable bonds is 4. The zero-order chi connectivity index (χ0) is 14.8. The van der Waals surface area contributed by atoms with Gasteiger partial charge in [0, 0.05) is 0 Å². The van der Waals surface area contributed by atoms with Crippen molar-refractivity contribution in [3.8, 4) is 0 Å². The first kappa shape index (κ1) is 19.4. The second-order valence-electron chi connectivity index (χ2n) is 4.97. The van der Waals surface area contributed by atoms with Gasteiger partial charge < -0.3 is 9.90 Å². The molecule has 0 aliphatic rings. The quantitative estimate of drug-likeness (QED) is 0.690. The first-order valence-electron chi connectivity index (χ1n) is 6.03. The molecule has 0 radical (unpaired) electrons. The second-order valence-corrected chi connectivity index (χ2v) is 6.59. The minimum Gasteiger partial charge on any atom is -0.529 e. The molecule has 1 amide bonds. The summed E-state index contributed by atoms with van der Waals surface area (Å²) in [5.41, 5.74) is 1.19. The molecule has 0 fully saturated rings. The Morgan fingerprint density at radius 3 is 1.80 bits per heavy atom. The van der Waals surface area contributed by atoms with Crippen LogP contribution in [-0.4, -0.2) is 14.5 Å². The Balaban J connectivity index is 0.00000361. The Bertz CT molecular complexity index is 556. The van der Waals surface area contributed by atoms with Crippen LogP contribution >= 0.6 is 0 Å².